The van der Waals surface area contributed by atoms with Gasteiger partial charge in [-0.3, -0.25) is 0 Å². The molecule has 0 aliphatic heterocycles. The molecular weight excluding hydrogens is 331 g/mol. The number of halogens is 3. The molecule has 0 aliphatic carbocycles. The highest BCUT2D eigenvalue weighted by molar-refractivity contribution is 8.00. The van der Waals surface area contributed by atoms with Crippen LogP contribution in [0, 0.1) is 0 Å². The van der Waals surface area contributed by atoms with Crippen LogP contribution in [0.25, 0.3) is 12.2 Å². The molecule has 0 bridgehead atoms. The first-order valence-corrected chi connectivity index (χ1v) is 7.35. The molecule has 0 saturated carbocycles. The quantitative estimate of drug-likeness (QED) is 0.585. The third-order valence-electron chi connectivity index (χ3n) is 2.54. The number of alkyl halides is 3. The van der Waals surface area contributed by atoms with Crippen LogP contribution in [0.4, 0.5) is 13.2 Å². The lowest BCUT2D eigenvalue weighted by molar-refractivity contribution is -0.0328. The molecule has 0 unspecified atom stereocenters. The minimum Gasteiger partial charge on any atom is -0.461 e. The molecule has 1 aromatic heterocycles. The maximum atomic E-state index is 12.2. The molecule has 0 N–H and O–H groups in total. The highest BCUT2D eigenvalue weighted by atomic mass is 32.2. The SMILES string of the molecule is CCOC(=O)c1coc(/C=C/c2ccc(SC(F)(F)F)cc2)n1. The molecule has 23 heavy (non-hydrogen) atoms. The number of esters is 1. The lowest BCUT2D eigenvalue weighted by atomic mass is 10.2. The van der Waals surface area contributed by atoms with Crippen LogP contribution in [0.5, 0.6) is 0 Å². The molecule has 8 heteroatoms. The fraction of sp³-hybridized carbons (Fsp3) is 0.200. The molecule has 1 aromatic carbocycles. The van der Waals surface area contributed by atoms with E-state index in [-0.39, 0.29) is 34.8 Å². The maximum absolute atomic E-state index is 12.2. The van der Waals surface area contributed by atoms with Crippen molar-refractivity contribution in [1.29, 1.82) is 0 Å². The van der Waals surface area contributed by atoms with E-state index in [9.17, 15) is 18.0 Å². The second-order valence-electron chi connectivity index (χ2n) is 4.24. The first-order valence-electron chi connectivity index (χ1n) is 6.54. The van der Waals surface area contributed by atoms with Gasteiger partial charge in [-0.1, -0.05) is 12.1 Å². The number of rotatable bonds is 5. The number of ether oxygens (including phenoxy) is 1. The Labute approximate surface area is 134 Å². The number of nitrogens with zero attached hydrogens (tertiary/aromatic N) is 1. The molecule has 0 spiro atoms. The molecule has 1 heterocycles. The Balaban J connectivity index is 2.01. The van der Waals surface area contributed by atoms with Gasteiger partial charge in [0.25, 0.3) is 0 Å². The third kappa shape index (κ3) is 5.48. The van der Waals surface area contributed by atoms with Gasteiger partial charge in [0.1, 0.15) is 6.26 Å². The average Bonchev–Trinajstić information content (AvgIpc) is 2.94. The Kier molecular flexibility index (Phi) is 5.49. The van der Waals surface area contributed by atoms with Gasteiger partial charge in [-0.2, -0.15) is 13.2 Å². The number of hydrogen-bond donors (Lipinski definition) is 0. The van der Waals surface area contributed by atoms with Gasteiger partial charge in [0.2, 0.25) is 5.89 Å². The molecule has 0 fully saturated rings. The van der Waals surface area contributed by atoms with Crippen LogP contribution in [0.1, 0.15) is 28.9 Å². The average molecular weight is 343 g/mol. The summed E-state index contributed by atoms with van der Waals surface area (Å²) in [5, 5.41) is 0. The van der Waals surface area contributed by atoms with Crippen LogP contribution in [0.15, 0.2) is 39.8 Å². The van der Waals surface area contributed by atoms with Gasteiger partial charge in [0.05, 0.1) is 6.61 Å². The van der Waals surface area contributed by atoms with E-state index in [1.807, 2.05) is 0 Å². The summed E-state index contributed by atoms with van der Waals surface area (Å²) in [7, 11) is 0. The predicted octanol–water partition coefficient (Wildman–Crippen LogP) is 4.63. The topological polar surface area (TPSA) is 52.3 Å². The molecule has 0 atom stereocenters. The first kappa shape index (κ1) is 17.1. The van der Waals surface area contributed by atoms with Crippen molar-refractivity contribution in [3.63, 3.8) is 0 Å². The first-order chi connectivity index (χ1) is 10.9. The third-order valence-corrected chi connectivity index (χ3v) is 3.28. The van der Waals surface area contributed by atoms with E-state index >= 15 is 0 Å². The van der Waals surface area contributed by atoms with E-state index < -0.39 is 11.5 Å². The second-order valence-corrected chi connectivity index (χ2v) is 5.38. The largest absolute Gasteiger partial charge is 0.461 e. The van der Waals surface area contributed by atoms with E-state index in [2.05, 4.69) is 4.98 Å². The minimum atomic E-state index is -4.31. The number of hydrogen-bond acceptors (Lipinski definition) is 5. The Bertz CT molecular complexity index is 693. The van der Waals surface area contributed by atoms with E-state index in [4.69, 9.17) is 9.15 Å². The summed E-state index contributed by atoms with van der Waals surface area (Å²) >= 11 is -0.171. The molecule has 122 valence electrons. The van der Waals surface area contributed by atoms with Crippen molar-refractivity contribution in [2.45, 2.75) is 17.3 Å². The highest BCUT2D eigenvalue weighted by Gasteiger charge is 2.28. The summed E-state index contributed by atoms with van der Waals surface area (Å²) < 4.78 is 46.5. The number of carbonyl (C=O) groups excluding carboxylic acids is 1. The van der Waals surface area contributed by atoms with Gasteiger partial charge in [-0.15, -0.1) is 0 Å². The summed E-state index contributed by atoms with van der Waals surface area (Å²) in [5.41, 5.74) is -3.57. The van der Waals surface area contributed by atoms with Crippen molar-refractivity contribution < 1.29 is 27.1 Å². The van der Waals surface area contributed by atoms with Crippen LogP contribution < -0.4 is 0 Å². The van der Waals surface area contributed by atoms with E-state index in [0.717, 1.165) is 0 Å². The van der Waals surface area contributed by atoms with Crippen molar-refractivity contribution in [3.8, 4) is 0 Å². The zero-order valence-corrected chi connectivity index (χ0v) is 12.8. The summed E-state index contributed by atoms with van der Waals surface area (Å²) in [6.07, 6.45) is 4.30. The van der Waals surface area contributed by atoms with Gasteiger partial charge >= 0.3 is 11.5 Å². The van der Waals surface area contributed by atoms with Crippen molar-refractivity contribution in [2.24, 2.45) is 0 Å². The Morgan fingerprint density at radius 3 is 2.61 bits per heavy atom. The smallest absolute Gasteiger partial charge is 0.446 e. The molecule has 4 nitrogen and oxygen atoms in total. The van der Waals surface area contributed by atoms with Crippen LogP contribution in [-0.4, -0.2) is 23.1 Å². The maximum Gasteiger partial charge on any atom is 0.446 e. The van der Waals surface area contributed by atoms with E-state index in [1.165, 1.54) is 24.5 Å². The van der Waals surface area contributed by atoms with Crippen molar-refractivity contribution >= 4 is 29.9 Å². The Morgan fingerprint density at radius 1 is 1.30 bits per heavy atom. The molecule has 0 amide bonds. The number of thioether (sulfide) groups is 1. The number of aromatic nitrogens is 1. The summed E-state index contributed by atoms with van der Waals surface area (Å²) in [5.74, 6) is -0.383. The van der Waals surface area contributed by atoms with Crippen LogP contribution in [-0.2, 0) is 4.74 Å². The van der Waals surface area contributed by atoms with Gasteiger partial charge in [0, 0.05) is 11.0 Å². The van der Waals surface area contributed by atoms with E-state index in [1.54, 1.807) is 25.1 Å². The van der Waals surface area contributed by atoms with Crippen LogP contribution >= 0.6 is 11.8 Å². The fourth-order valence-electron chi connectivity index (χ4n) is 1.61. The summed E-state index contributed by atoms with van der Waals surface area (Å²) in [4.78, 5) is 15.5. The molecule has 0 saturated heterocycles. The zero-order chi connectivity index (χ0) is 16.9. The number of benzene rings is 1. The van der Waals surface area contributed by atoms with Gasteiger partial charge in [-0.25, -0.2) is 9.78 Å². The monoisotopic (exact) mass is 343 g/mol. The van der Waals surface area contributed by atoms with Gasteiger partial charge < -0.3 is 9.15 Å². The second kappa shape index (κ2) is 7.36. The Hall–Kier alpha value is -2.22. The normalized spacial score (nSPS) is 11.8. The summed E-state index contributed by atoms with van der Waals surface area (Å²) in [6, 6.07) is 5.83. The number of oxazole rings is 1. The molecule has 0 radical (unpaired) electrons. The molecule has 2 rings (SSSR count). The standard InChI is InChI=1S/C15H12F3NO3S/c1-2-21-14(20)12-9-22-13(19-12)8-5-10-3-6-11(7-4-10)23-15(16,17)18/h3-9H,2H2,1H3/b8-5+. The minimum absolute atomic E-state index is 0.0587. The van der Waals surface area contributed by atoms with Crippen molar-refractivity contribution in [2.75, 3.05) is 6.61 Å². The molecular formula is C15H12F3NO3S. The van der Waals surface area contributed by atoms with E-state index in [0.29, 0.717) is 5.56 Å². The van der Waals surface area contributed by atoms with Gasteiger partial charge in [-0.05, 0) is 42.5 Å². The van der Waals surface area contributed by atoms with Crippen LogP contribution in [0.3, 0.4) is 0 Å². The Morgan fingerprint density at radius 2 is 2.00 bits per heavy atom. The fourth-order valence-corrected chi connectivity index (χ4v) is 2.15. The van der Waals surface area contributed by atoms with Gasteiger partial charge in [0.15, 0.2) is 5.69 Å². The van der Waals surface area contributed by atoms with Crippen molar-refractivity contribution in [1.82, 2.24) is 4.98 Å². The highest BCUT2D eigenvalue weighted by Crippen LogP contribution is 2.36. The predicted molar refractivity (Wildman–Crippen MR) is 79.7 cm³/mol. The lowest BCUT2D eigenvalue weighted by Crippen LogP contribution is -2.04. The summed E-state index contributed by atoms with van der Waals surface area (Å²) in [6.45, 7) is 1.92. The van der Waals surface area contributed by atoms with Crippen molar-refractivity contribution in [3.05, 3.63) is 47.7 Å². The lowest BCUT2D eigenvalue weighted by Gasteiger charge is -2.05. The molecule has 2 aromatic rings. The zero-order valence-electron chi connectivity index (χ0n) is 12.0. The number of carbonyl (C=O) groups is 1. The molecule has 0 aliphatic rings. The van der Waals surface area contributed by atoms with Crippen LogP contribution in [0.2, 0.25) is 0 Å².